The molecule has 0 aliphatic heterocycles. The molecule has 1 aromatic heterocycles. The zero-order valence-corrected chi connectivity index (χ0v) is 8.92. The van der Waals surface area contributed by atoms with Crippen molar-refractivity contribution in [1.82, 2.24) is 10.3 Å². The summed E-state index contributed by atoms with van der Waals surface area (Å²) in [7, 11) is 1.72. The number of ether oxygens (including phenoxy) is 1. The van der Waals surface area contributed by atoms with Gasteiger partial charge in [-0.2, -0.15) is 0 Å². The lowest BCUT2D eigenvalue weighted by atomic mass is 10.3. The van der Waals surface area contributed by atoms with E-state index >= 15 is 0 Å². The quantitative estimate of drug-likeness (QED) is 0.697. The Balaban J connectivity index is 2.15. The first-order chi connectivity index (χ1) is 6.83. The topological polar surface area (TPSA) is 34.1 Å². The molecule has 0 spiro atoms. The third kappa shape index (κ3) is 4.35. The number of methoxy groups -OCH3 is 1. The van der Waals surface area contributed by atoms with E-state index in [0.29, 0.717) is 0 Å². The number of hydrogen-bond donors (Lipinski definition) is 1. The van der Waals surface area contributed by atoms with Crippen LogP contribution in [0.15, 0.2) is 18.3 Å². The highest BCUT2D eigenvalue weighted by Gasteiger charge is 1.93. The fourth-order valence-corrected chi connectivity index (χ4v) is 1.16. The molecule has 1 N–H and O–H groups in total. The molecule has 0 amide bonds. The van der Waals surface area contributed by atoms with Crippen molar-refractivity contribution in [3.63, 3.8) is 0 Å². The Kier molecular flexibility index (Phi) is 5.19. The second kappa shape index (κ2) is 6.51. The first-order valence-electron chi connectivity index (χ1n) is 4.94. The van der Waals surface area contributed by atoms with Gasteiger partial charge >= 0.3 is 0 Å². The molecule has 0 saturated heterocycles. The highest BCUT2D eigenvalue weighted by molar-refractivity contribution is 5.11. The van der Waals surface area contributed by atoms with Gasteiger partial charge in [0.25, 0.3) is 0 Å². The van der Waals surface area contributed by atoms with E-state index in [1.165, 1.54) is 5.56 Å². The summed E-state index contributed by atoms with van der Waals surface area (Å²) in [5, 5.41) is 3.31. The normalized spacial score (nSPS) is 10.4. The molecule has 14 heavy (non-hydrogen) atoms. The van der Waals surface area contributed by atoms with Gasteiger partial charge < -0.3 is 10.1 Å². The number of hydrogen-bond acceptors (Lipinski definition) is 3. The molecule has 0 saturated carbocycles. The SMILES string of the molecule is COCCCNCc1ccc(C)cn1. The van der Waals surface area contributed by atoms with Crippen molar-refractivity contribution in [2.45, 2.75) is 19.9 Å². The maximum atomic E-state index is 4.95. The number of pyridine rings is 1. The summed E-state index contributed by atoms with van der Waals surface area (Å²) in [5.41, 5.74) is 2.29. The van der Waals surface area contributed by atoms with Crippen LogP contribution in [0.4, 0.5) is 0 Å². The zero-order chi connectivity index (χ0) is 10.2. The predicted molar refractivity (Wildman–Crippen MR) is 57.2 cm³/mol. The summed E-state index contributed by atoms with van der Waals surface area (Å²) in [4.78, 5) is 4.30. The molecule has 3 nitrogen and oxygen atoms in total. The molecule has 78 valence electrons. The van der Waals surface area contributed by atoms with Crippen LogP contribution < -0.4 is 5.32 Å². The van der Waals surface area contributed by atoms with E-state index in [-0.39, 0.29) is 0 Å². The molecule has 0 aliphatic rings. The number of aryl methyl sites for hydroxylation is 1. The van der Waals surface area contributed by atoms with E-state index in [0.717, 1.165) is 31.8 Å². The minimum atomic E-state index is 0.814. The van der Waals surface area contributed by atoms with Gasteiger partial charge in [0.2, 0.25) is 0 Å². The van der Waals surface area contributed by atoms with Crippen molar-refractivity contribution < 1.29 is 4.74 Å². The van der Waals surface area contributed by atoms with Crippen molar-refractivity contribution in [1.29, 1.82) is 0 Å². The molecule has 3 heteroatoms. The number of aromatic nitrogens is 1. The molecule has 0 radical (unpaired) electrons. The van der Waals surface area contributed by atoms with Crippen LogP contribution in [-0.2, 0) is 11.3 Å². The minimum Gasteiger partial charge on any atom is -0.385 e. The first kappa shape index (κ1) is 11.1. The van der Waals surface area contributed by atoms with Crippen LogP contribution in [0.5, 0.6) is 0 Å². The van der Waals surface area contributed by atoms with Crippen LogP contribution in [0.2, 0.25) is 0 Å². The minimum absolute atomic E-state index is 0.814. The van der Waals surface area contributed by atoms with Crippen molar-refractivity contribution in [3.05, 3.63) is 29.6 Å². The molecular weight excluding hydrogens is 176 g/mol. The number of nitrogens with one attached hydrogen (secondary N) is 1. The lowest BCUT2D eigenvalue weighted by molar-refractivity contribution is 0.194. The van der Waals surface area contributed by atoms with Crippen LogP contribution >= 0.6 is 0 Å². The average molecular weight is 194 g/mol. The Labute approximate surface area is 85.5 Å². The van der Waals surface area contributed by atoms with E-state index < -0.39 is 0 Å². The average Bonchev–Trinajstić information content (AvgIpc) is 2.21. The van der Waals surface area contributed by atoms with E-state index in [1.54, 1.807) is 7.11 Å². The van der Waals surface area contributed by atoms with Crippen LogP contribution in [0.3, 0.4) is 0 Å². The van der Waals surface area contributed by atoms with Gasteiger partial charge in [-0.15, -0.1) is 0 Å². The first-order valence-corrected chi connectivity index (χ1v) is 4.94. The van der Waals surface area contributed by atoms with Crippen molar-refractivity contribution in [2.75, 3.05) is 20.3 Å². The molecule has 0 bridgehead atoms. The second-order valence-electron chi connectivity index (χ2n) is 3.35. The summed E-state index contributed by atoms with van der Waals surface area (Å²) >= 11 is 0. The molecule has 1 rings (SSSR count). The molecule has 0 aliphatic carbocycles. The molecular formula is C11H18N2O. The molecule has 1 heterocycles. The third-order valence-electron chi connectivity index (χ3n) is 1.98. The smallest absolute Gasteiger partial charge is 0.0541 e. The fraction of sp³-hybridized carbons (Fsp3) is 0.545. The summed E-state index contributed by atoms with van der Waals surface area (Å²) in [5.74, 6) is 0. The summed E-state index contributed by atoms with van der Waals surface area (Å²) in [6.07, 6.45) is 2.94. The van der Waals surface area contributed by atoms with E-state index in [9.17, 15) is 0 Å². The highest BCUT2D eigenvalue weighted by atomic mass is 16.5. The lowest BCUT2D eigenvalue weighted by Gasteiger charge is -2.03. The standard InChI is InChI=1S/C11H18N2O/c1-10-4-5-11(13-8-10)9-12-6-3-7-14-2/h4-5,8,12H,3,6-7,9H2,1-2H3. The summed E-state index contributed by atoms with van der Waals surface area (Å²) in [6.45, 7) is 4.67. The molecule has 0 atom stereocenters. The monoisotopic (exact) mass is 194 g/mol. The number of nitrogens with zero attached hydrogens (tertiary/aromatic N) is 1. The van der Waals surface area contributed by atoms with Gasteiger partial charge in [-0.3, -0.25) is 4.98 Å². The molecule has 1 aromatic rings. The van der Waals surface area contributed by atoms with Crippen LogP contribution in [0, 0.1) is 6.92 Å². The Morgan fingerprint density at radius 2 is 2.29 bits per heavy atom. The molecule has 0 fully saturated rings. The van der Waals surface area contributed by atoms with Gasteiger partial charge in [0.1, 0.15) is 0 Å². The van der Waals surface area contributed by atoms with Gasteiger partial charge in [-0.25, -0.2) is 0 Å². The van der Waals surface area contributed by atoms with E-state index in [1.807, 2.05) is 13.1 Å². The zero-order valence-electron chi connectivity index (χ0n) is 8.92. The number of rotatable bonds is 6. The fourth-order valence-electron chi connectivity index (χ4n) is 1.16. The third-order valence-corrected chi connectivity index (χ3v) is 1.98. The van der Waals surface area contributed by atoms with Crippen molar-refractivity contribution in [3.8, 4) is 0 Å². The summed E-state index contributed by atoms with van der Waals surface area (Å²) < 4.78 is 4.95. The van der Waals surface area contributed by atoms with Gasteiger partial charge in [-0.1, -0.05) is 6.07 Å². The predicted octanol–water partition coefficient (Wildman–Crippen LogP) is 1.52. The van der Waals surface area contributed by atoms with Crippen LogP contribution in [0.25, 0.3) is 0 Å². The van der Waals surface area contributed by atoms with E-state index in [4.69, 9.17) is 4.74 Å². The van der Waals surface area contributed by atoms with Crippen LogP contribution in [0.1, 0.15) is 17.7 Å². The van der Waals surface area contributed by atoms with Crippen molar-refractivity contribution in [2.24, 2.45) is 0 Å². The Morgan fingerprint density at radius 1 is 1.43 bits per heavy atom. The van der Waals surface area contributed by atoms with Gasteiger partial charge in [0.05, 0.1) is 5.69 Å². The second-order valence-corrected chi connectivity index (χ2v) is 3.35. The summed E-state index contributed by atoms with van der Waals surface area (Å²) in [6, 6.07) is 4.14. The van der Waals surface area contributed by atoms with Gasteiger partial charge in [0.15, 0.2) is 0 Å². The van der Waals surface area contributed by atoms with Crippen LogP contribution in [-0.4, -0.2) is 25.2 Å². The Hall–Kier alpha value is -0.930. The maximum Gasteiger partial charge on any atom is 0.0541 e. The molecule has 0 unspecified atom stereocenters. The maximum absolute atomic E-state index is 4.95. The van der Waals surface area contributed by atoms with Crippen molar-refractivity contribution >= 4 is 0 Å². The van der Waals surface area contributed by atoms with E-state index in [2.05, 4.69) is 22.4 Å². The molecule has 0 aromatic carbocycles. The Morgan fingerprint density at radius 3 is 2.93 bits per heavy atom. The lowest BCUT2D eigenvalue weighted by Crippen LogP contribution is -2.16. The van der Waals surface area contributed by atoms with Gasteiger partial charge in [0, 0.05) is 26.5 Å². The highest BCUT2D eigenvalue weighted by Crippen LogP contribution is 1.97. The largest absolute Gasteiger partial charge is 0.385 e. The van der Waals surface area contributed by atoms with Gasteiger partial charge in [-0.05, 0) is 31.5 Å². The Bertz CT molecular complexity index is 246.